The molecule has 0 fully saturated rings. The molecule has 0 spiro atoms. The number of carbonyl (C=O) groups is 2. The number of carbonyl (C=O) groups excluding carboxylic acids is 2. The molecule has 4 rings (SSSR count). The molecule has 196 valence electrons. The SMILES string of the molecule is COc1cc(C(=O)/C=C/c2ccc(C)c(OCC(=O)Nc3nc4ccc(F)cc4s3)c2)cc(OC)c1OC. The highest BCUT2D eigenvalue weighted by atomic mass is 32.1. The summed E-state index contributed by atoms with van der Waals surface area (Å²) in [4.78, 5) is 29.5. The predicted octanol–water partition coefficient (Wildman–Crippen LogP) is 5.68. The van der Waals surface area contributed by atoms with Crippen LogP contribution in [0.1, 0.15) is 21.5 Å². The molecule has 0 atom stereocenters. The molecule has 8 nitrogen and oxygen atoms in total. The van der Waals surface area contributed by atoms with Crippen LogP contribution in [0.5, 0.6) is 23.0 Å². The molecular weight excluding hydrogens is 511 g/mol. The van der Waals surface area contributed by atoms with Crippen molar-refractivity contribution in [3.05, 3.63) is 77.1 Å². The summed E-state index contributed by atoms with van der Waals surface area (Å²) in [5, 5.41) is 3.03. The van der Waals surface area contributed by atoms with Crippen LogP contribution in [0, 0.1) is 12.7 Å². The molecule has 0 saturated heterocycles. The molecule has 1 N–H and O–H groups in total. The van der Waals surface area contributed by atoms with Crippen molar-refractivity contribution in [2.75, 3.05) is 33.3 Å². The molecule has 0 saturated carbocycles. The number of nitrogens with one attached hydrogen (secondary N) is 1. The summed E-state index contributed by atoms with van der Waals surface area (Å²) in [6.45, 7) is 1.60. The van der Waals surface area contributed by atoms with Gasteiger partial charge in [-0.15, -0.1) is 0 Å². The minimum Gasteiger partial charge on any atom is -0.493 e. The number of aromatic nitrogens is 1. The Morgan fingerprint density at radius 1 is 0.974 bits per heavy atom. The number of nitrogens with zero attached hydrogens (tertiary/aromatic N) is 1. The van der Waals surface area contributed by atoms with Crippen LogP contribution in [0.2, 0.25) is 0 Å². The Bertz CT molecular complexity index is 1510. The van der Waals surface area contributed by atoms with Crippen molar-refractivity contribution in [3.63, 3.8) is 0 Å². The monoisotopic (exact) mass is 536 g/mol. The number of thiazole rings is 1. The number of fused-ring (bicyclic) bond motifs is 1. The van der Waals surface area contributed by atoms with Crippen molar-refractivity contribution in [1.82, 2.24) is 4.98 Å². The minimum atomic E-state index is -0.401. The molecule has 0 radical (unpaired) electrons. The molecular formula is C28H25FN2O6S. The number of benzene rings is 3. The van der Waals surface area contributed by atoms with Gasteiger partial charge in [-0.2, -0.15) is 0 Å². The first-order valence-corrected chi connectivity index (χ1v) is 12.2. The van der Waals surface area contributed by atoms with Gasteiger partial charge in [-0.1, -0.05) is 29.5 Å². The van der Waals surface area contributed by atoms with Gasteiger partial charge in [0.25, 0.3) is 5.91 Å². The van der Waals surface area contributed by atoms with E-state index in [9.17, 15) is 14.0 Å². The van der Waals surface area contributed by atoms with E-state index in [0.29, 0.717) is 49.5 Å². The molecule has 1 aromatic heterocycles. The number of ether oxygens (including phenoxy) is 4. The van der Waals surface area contributed by atoms with Crippen molar-refractivity contribution in [1.29, 1.82) is 0 Å². The molecule has 0 aliphatic carbocycles. The zero-order valence-corrected chi connectivity index (χ0v) is 22.0. The third-order valence-corrected chi connectivity index (χ3v) is 6.48. The van der Waals surface area contributed by atoms with Crippen LogP contribution in [0.25, 0.3) is 16.3 Å². The van der Waals surface area contributed by atoms with E-state index in [-0.39, 0.29) is 18.2 Å². The second-order valence-corrected chi connectivity index (χ2v) is 9.14. The summed E-state index contributed by atoms with van der Waals surface area (Å²) in [5.41, 5.74) is 2.50. The lowest BCUT2D eigenvalue weighted by Crippen LogP contribution is -2.20. The first-order valence-electron chi connectivity index (χ1n) is 11.4. The average Bonchev–Trinajstić information content (AvgIpc) is 3.31. The second kappa shape index (κ2) is 11.7. The van der Waals surface area contributed by atoms with Gasteiger partial charge in [0.15, 0.2) is 29.0 Å². The number of hydrogen-bond donors (Lipinski definition) is 1. The number of allylic oxidation sites excluding steroid dienone is 1. The summed E-state index contributed by atoms with van der Waals surface area (Å²) >= 11 is 1.18. The van der Waals surface area contributed by atoms with Crippen molar-refractivity contribution in [3.8, 4) is 23.0 Å². The Balaban J connectivity index is 1.42. The first kappa shape index (κ1) is 26.6. The van der Waals surface area contributed by atoms with E-state index in [0.717, 1.165) is 5.56 Å². The number of methoxy groups -OCH3 is 3. The molecule has 4 aromatic rings. The number of anilines is 1. The van der Waals surface area contributed by atoms with Crippen LogP contribution in [0.4, 0.5) is 9.52 Å². The van der Waals surface area contributed by atoms with E-state index in [1.807, 2.05) is 19.1 Å². The number of hydrogen-bond acceptors (Lipinski definition) is 8. The number of rotatable bonds is 10. The van der Waals surface area contributed by atoms with Gasteiger partial charge in [-0.25, -0.2) is 9.37 Å². The average molecular weight is 537 g/mol. The molecule has 0 aliphatic heterocycles. The summed E-state index contributed by atoms with van der Waals surface area (Å²) in [7, 11) is 4.46. The van der Waals surface area contributed by atoms with Crippen LogP contribution in [0.15, 0.2) is 54.6 Å². The molecule has 0 bridgehead atoms. The smallest absolute Gasteiger partial charge is 0.264 e. The highest BCUT2D eigenvalue weighted by molar-refractivity contribution is 7.22. The van der Waals surface area contributed by atoms with E-state index >= 15 is 0 Å². The first-order chi connectivity index (χ1) is 18.3. The second-order valence-electron chi connectivity index (χ2n) is 8.10. The Morgan fingerprint density at radius 3 is 2.39 bits per heavy atom. The lowest BCUT2D eigenvalue weighted by atomic mass is 10.1. The number of amides is 1. The Hall–Kier alpha value is -4.44. The highest BCUT2D eigenvalue weighted by Crippen LogP contribution is 2.38. The van der Waals surface area contributed by atoms with Crippen molar-refractivity contribution in [2.45, 2.75) is 6.92 Å². The summed E-state index contributed by atoms with van der Waals surface area (Å²) in [6.07, 6.45) is 3.08. The van der Waals surface area contributed by atoms with Crippen molar-refractivity contribution in [2.24, 2.45) is 0 Å². The minimum absolute atomic E-state index is 0.247. The Morgan fingerprint density at radius 2 is 1.71 bits per heavy atom. The van der Waals surface area contributed by atoms with Gasteiger partial charge in [0.1, 0.15) is 11.6 Å². The van der Waals surface area contributed by atoms with Crippen LogP contribution in [-0.2, 0) is 4.79 Å². The molecule has 10 heteroatoms. The Labute approximate surface area is 222 Å². The van der Waals surface area contributed by atoms with Gasteiger partial charge >= 0.3 is 0 Å². The number of aryl methyl sites for hydroxylation is 1. The maximum absolute atomic E-state index is 13.4. The van der Waals surface area contributed by atoms with Crippen molar-refractivity contribution < 1.29 is 32.9 Å². The van der Waals surface area contributed by atoms with Gasteiger partial charge in [0.2, 0.25) is 5.75 Å². The quantitative estimate of drug-likeness (QED) is 0.206. The zero-order chi connectivity index (χ0) is 27.2. The fourth-order valence-electron chi connectivity index (χ4n) is 3.62. The Kier molecular flexibility index (Phi) is 8.22. The van der Waals surface area contributed by atoms with Gasteiger partial charge in [-0.05, 0) is 60.5 Å². The molecule has 1 heterocycles. The van der Waals surface area contributed by atoms with Gasteiger partial charge < -0.3 is 18.9 Å². The number of halogens is 1. The third kappa shape index (κ3) is 6.09. The molecule has 0 aliphatic rings. The van der Waals surface area contributed by atoms with Crippen LogP contribution in [0.3, 0.4) is 0 Å². The van der Waals surface area contributed by atoms with E-state index in [1.54, 1.807) is 30.3 Å². The fraction of sp³-hybridized carbons (Fsp3) is 0.179. The standard InChI is InChI=1S/C28H25FN2O6S/c1-16-5-6-17(7-10-21(32)18-12-23(34-2)27(36-4)24(13-18)35-3)11-22(16)37-15-26(33)31-28-30-20-9-8-19(29)14-25(20)38-28/h5-14H,15H2,1-4H3,(H,30,31,33)/b10-7+. The van der Waals surface area contributed by atoms with Crippen LogP contribution >= 0.6 is 11.3 Å². The lowest BCUT2D eigenvalue weighted by Gasteiger charge is -2.13. The number of ketones is 1. The fourth-order valence-corrected chi connectivity index (χ4v) is 4.52. The van der Waals surface area contributed by atoms with E-state index < -0.39 is 5.91 Å². The largest absolute Gasteiger partial charge is 0.493 e. The summed E-state index contributed by atoms with van der Waals surface area (Å²) < 4.78 is 35.7. The predicted molar refractivity (Wildman–Crippen MR) is 144 cm³/mol. The maximum atomic E-state index is 13.4. The third-order valence-electron chi connectivity index (χ3n) is 5.54. The normalized spacial score (nSPS) is 11.0. The van der Waals surface area contributed by atoms with Gasteiger partial charge in [0.05, 0.1) is 31.5 Å². The highest BCUT2D eigenvalue weighted by Gasteiger charge is 2.16. The van der Waals surface area contributed by atoms with E-state index in [1.165, 1.54) is 50.9 Å². The van der Waals surface area contributed by atoms with E-state index in [4.69, 9.17) is 18.9 Å². The summed E-state index contributed by atoms with van der Waals surface area (Å²) in [5.74, 6) is 0.629. The molecule has 38 heavy (non-hydrogen) atoms. The van der Waals surface area contributed by atoms with Gasteiger partial charge in [0, 0.05) is 5.56 Å². The van der Waals surface area contributed by atoms with Crippen LogP contribution in [-0.4, -0.2) is 44.6 Å². The zero-order valence-electron chi connectivity index (χ0n) is 21.2. The van der Waals surface area contributed by atoms with Crippen LogP contribution < -0.4 is 24.3 Å². The molecule has 0 unspecified atom stereocenters. The summed E-state index contributed by atoms with van der Waals surface area (Å²) in [6, 6.07) is 12.8. The van der Waals surface area contributed by atoms with Gasteiger partial charge in [-0.3, -0.25) is 14.9 Å². The topological polar surface area (TPSA) is 96.0 Å². The van der Waals surface area contributed by atoms with E-state index in [2.05, 4.69) is 10.3 Å². The van der Waals surface area contributed by atoms with Crippen molar-refractivity contribution >= 4 is 44.5 Å². The maximum Gasteiger partial charge on any atom is 0.264 e. The molecule has 1 amide bonds. The lowest BCUT2D eigenvalue weighted by molar-refractivity contribution is -0.118. The molecule has 3 aromatic carbocycles.